The summed E-state index contributed by atoms with van der Waals surface area (Å²) >= 11 is 1.44. The molecule has 1 aromatic carbocycles. The van der Waals surface area contributed by atoms with Gasteiger partial charge in [-0.05, 0) is 17.7 Å². The molecular weight excluding hydrogens is 464 g/mol. The van der Waals surface area contributed by atoms with Gasteiger partial charge in [-0.3, -0.25) is 19.0 Å². The number of nitrogens with zero attached hydrogens (tertiary/aromatic N) is 8. The molecule has 10 nitrogen and oxygen atoms in total. The van der Waals surface area contributed by atoms with Crippen molar-refractivity contribution in [3.63, 3.8) is 0 Å². The number of aromatic nitrogens is 8. The third-order valence-electron chi connectivity index (χ3n) is 6.27. The van der Waals surface area contributed by atoms with E-state index in [1.807, 2.05) is 62.5 Å². The van der Waals surface area contributed by atoms with Crippen LogP contribution in [0.1, 0.15) is 16.3 Å². The van der Waals surface area contributed by atoms with Crippen LogP contribution in [0, 0.1) is 0 Å². The monoisotopic (exact) mass is 486 g/mol. The number of hydrogen-bond donors (Lipinski definition) is 0. The summed E-state index contributed by atoms with van der Waals surface area (Å²) < 4.78 is 7.65. The van der Waals surface area contributed by atoms with E-state index < -0.39 is 0 Å². The largest absolute Gasteiger partial charge is 0.323 e. The van der Waals surface area contributed by atoms with Gasteiger partial charge < -0.3 is 4.57 Å². The second-order valence-electron chi connectivity index (χ2n) is 8.68. The molecule has 0 saturated heterocycles. The van der Waals surface area contributed by atoms with Crippen LogP contribution in [0.2, 0.25) is 0 Å². The normalized spacial score (nSPS) is 11.9. The number of hydrogen-bond acceptors (Lipinski definition) is 7. The van der Waals surface area contributed by atoms with E-state index in [9.17, 15) is 9.59 Å². The highest BCUT2D eigenvalue weighted by molar-refractivity contribution is 7.19. The Morgan fingerprint density at radius 1 is 1.03 bits per heavy atom. The second kappa shape index (κ2) is 7.98. The van der Waals surface area contributed by atoms with Crippen LogP contribution in [0.4, 0.5) is 0 Å². The first-order valence-electron chi connectivity index (χ1n) is 11.1. The Bertz CT molecular complexity index is 1820. The minimum absolute atomic E-state index is 0.0529. The number of rotatable bonds is 6. The maximum absolute atomic E-state index is 13.4. The predicted octanol–water partition coefficient (Wildman–Crippen LogP) is 2.37. The number of benzene rings is 1. The van der Waals surface area contributed by atoms with E-state index in [2.05, 4.69) is 20.3 Å². The van der Waals surface area contributed by atoms with Gasteiger partial charge in [0.2, 0.25) is 0 Å². The molecule has 5 aromatic heterocycles. The molecule has 0 saturated carbocycles. The van der Waals surface area contributed by atoms with Crippen molar-refractivity contribution < 1.29 is 4.79 Å². The van der Waals surface area contributed by atoms with Gasteiger partial charge in [0.15, 0.2) is 5.65 Å². The molecule has 0 aliphatic heterocycles. The van der Waals surface area contributed by atoms with Gasteiger partial charge >= 0.3 is 0 Å². The van der Waals surface area contributed by atoms with Crippen molar-refractivity contribution in [2.24, 2.45) is 21.1 Å². The van der Waals surface area contributed by atoms with Gasteiger partial charge in [-0.1, -0.05) is 12.1 Å². The van der Waals surface area contributed by atoms with E-state index in [1.54, 1.807) is 15.4 Å². The highest BCUT2D eigenvalue weighted by Crippen LogP contribution is 2.31. The van der Waals surface area contributed by atoms with E-state index in [1.165, 1.54) is 16.0 Å². The van der Waals surface area contributed by atoms with Crippen molar-refractivity contribution >= 4 is 49.3 Å². The molecule has 6 rings (SSSR count). The van der Waals surface area contributed by atoms with Crippen molar-refractivity contribution in [3.05, 3.63) is 69.5 Å². The number of carbonyl (C=O) groups excluding carboxylic acids is 1. The molecule has 176 valence electrons. The summed E-state index contributed by atoms with van der Waals surface area (Å²) in [6, 6.07) is 7.79. The van der Waals surface area contributed by atoms with E-state index in [4.69, 9.17) is 0 Å². The fraction of sp³-hybridized carbons (Fsp3) is 0.250. The zero-order valence-electron chi connectivity index (χ0n) is 19.5. The fourth-order valence-corrected chi connectivity index (χ4v) is 5.68. The van der Waals surface area contributed by atoms with E-state index in [-0.39, 0.29) is 24.2 Å². The van der Waals surface area contributed by atoms with Crippen LogP contribution >= 0.6 is 11.3 Å². The smallest absolute Gasteiger partial charge is 0.291 e. The summed E-state index contributed by atoms with van der Waals surface area (Å²) in [6.07, 6.45) is 5.86. The maximum Gasteiger partial charge on any atom is 0.291 e. The summed E-state index contributed by atoms with van der Waals surface area (Å²) in [4.78, 5) is 30.6. The average molecular weight is 487 g/mol. The number of thiazole rings is 1. The molecule has 0 atom stereocenters. The molecule has 0 bridgehead atoms. The zero-order valence-corrected chi connectivity index (χ0v) is 20.3. The Morgan fingerprint density at radius 2 is 1.86 bits per heavy atom. The van der Waals surface area contributed by atoms with Crippen LogP contribution in [-0.2, 0) is 45.3 Å². The molecule has 11 heteroatoms. The first kappa shape index (κ1) is 21.4. The third-order valence-corrected chi connectivity index (χ3v) is 7.35. The molecular formula is C24H22N8O2S. The lowest BCUT2D eigenvalue weighted by atomic mass is 10.1. The molecule has 6 aromatic rings. The highest BCUT2D eigenvalue weighted by Gasteiger charge is 2.20. The minimum Gasteiger partial charge on any atom is -0.323 e. The number of ketones is 1. The minimum atomic E-state index is -0.177. The van der Waals surface area contributed by atoms with Crippen molar-refractivity contribution in [2.75, 3.05) is 0 Å². The fourth-order valence-electron chi connectivity index (χ4n) is 4.55. The molecule has 0 spiro atoms. The van der Waals surface area contributed by atoms with Gasteiger partial charge in [-0.2, -0.15) is 15.3 Å². The summed E-state index contributed by atoms with van der Waals surface area (Å²) in [7, 11) is 5.55. The molecule has 0 amide bonds. The molecule has 0 fully saturated rings. The Balaban J connectivity index is 1.33. The quantitative estimate of drug-likeness (QED) is 0.358. The number of fused-ring (bicyclic) bond motifs is 4. The van der Waals surface area contributed by atoms with Crippen LogP contribution in [-0.4, -0.2) is 44.7 Å². The number of aryl methyl sites for hydroxylation is 3. The molecule has 0 aliphatic rings. The summed E-state index contributed by atoms with van der Waals surface area (Å²) in [5, 5.41) is 15.5. The average Bonchev–Trinajstić information content (AvgIpc) is 3.58. The first-order chi connectivity index (χ1) is 16.9. The SMILES string of the molecule is Cn1ccc(CC(=O)Cc2nc3c(s2)c2cnn(Cc4cccc5c4cnn5C)c(=O)c2n3C)n1. The third kappa shape index (κ3) is 3.55. The number of Topliss-reactive ketones (excluding diaryl/α,β-unsaturated/α-hetero) is 1. The van der Waals surface area contributed by atoms with Gasteiger partial charge in [0.1, 0.15) is 16.3 Å². The zero-order chi connectivity index (χ0) is 24.3. The molecule has 0 aliphatic carbocycles. The molecule has 0 N–H and O–H groups in total. The van der Waals surface area contributed by atoms with Crippen LogP contribution in [0.3, 0.4) is 0 Å². The Labute approximate surface area is 203 Å². The van der Waals surface area contributed by atoms with E-state index in [0.717, 1.165) is 37.3 Å². The van der Waals surface area contributed by atoms with Crippen molar-refractivity contribution in [2.45, 2.75) is 19.4 Å². The lowest BCUT2D eigenvalue weighted by molar-refractivity contribution is -0.117. The van der Waals surface area contributed by atoms with Gasteiger partial charge in [0.25, 0.3) is 5.56 Å². The van der Waals surface area contributed by atoms with Crippen LogP contribution in [0.5, 0.6) is 0 Å². The summed E-state index contributed by atoms with van der Waals surface area (Å²) in [6.45, 7) is 0.345. The summed E-state index contributed by atoms with van der Waals surface area (Å²) in [5.41, 5.74) is 3.80. The van der Waals surface area contributed by atoms with Gasteiger partial charge in [0.05, 0.1) is 47.7 Å². The standard InChI is InChI=1S/C24H22N8O2S/c1-29-8-7-15(28-29)9-16(33)10-20-27-23-22(35-20)18-12-26-32(24(34)21(18)30(23)2)13-14-5-4-6-19-17(14)11-25-31(19)3/h4-8,11-12H,9-10,13H2,1-3H3. The lowest BCUT2D eigenvalue weighted by Gasteiger charge is -2.07. The Kier molecular flexibility index (Phi) is 4.88. The van der Waals surface area contributed by atoms with Crippen molar-refractivity contribution in [1.82, 2.24) is 38.9 Å². The van der Waals surface area contributed by atoms with Crippen LogP contribution < -0.4 is 5.56 Å². The molecule has 5 heterocycles. The van der Waals surface area contributed by atoms with Gasteiger partial charge in [-0.15, -0.1) is 11.3 Å². The van der Waals surface area contributed by atoms with Gasteiger partial charge in [-0.25, -0.2) is 9.67 Å². The van der Waals surface area contributed by atoms with Gasteiger partial charge in [0, 0.05) is 38.1 Å². The number of carbonyl (C=O) groups is 1. The molecule has 35 heavy (non-hydrogen) atoms. The van der Waals surface area contributed by atoms with Crippen LogP contribution in [0.15, 0.2) is 47.7 Å². The van der Waals surface area contributed by atoms with Crippen molar-refractivity contribution in [1.29, 1.82) is 0 Å². The first-order valence-corrected chi connectivity index (χ1v) is 11.9. The Hall–Kier alpha value is -4.12. The topological polar surface area (TPSA) is 105 Å². The van der Waals surface area contributed by atoms with E-state index in [0.29, 0.717) is 17.7 Å². The molecule has 0 radical (unpaired) electrons. The maximum atomic E-state index is 13.4. The highest BCUT2D eigenvalue weighted by atomic mass is 32.1. The predicted molar refractivity (Wildman–Crippen MR) is 134 cm³/mol. The van der Waals surface area contributed by atoms with Crippen molar-refractivity contribution in [3.8, 4) is 0 Å². The van der Waals surface area contributed by atoms with E-state index >= 15 is 0 Å². The summed E-state index contributed by atoms with van der Waals surface area (Å²) in [5.74, 6) is 0.0529. The second-order valence-corrected chi connectivity index (χ2v) is 9.76. The Morgan fingerprint density at radius 3 is 2.66 bits per heavy atom. The lowest BCUT2D eigenvalue weighted by Crippen LogP contribution is -2.24. The molecule has 0 unspecified atom stereocenters. The van der Waals surface area contributed by atoms with Crippen LogP contribution in [0.25, 0.3) is 32.2 Å².